The van der Waals surface area contributed by atoms with E-state index in [0.717, 1.165) is 24.8 Å². The lowest BCUT2D eigenvalue weighted by Gasteiger charge is -2.20. The van der Waals surface area contributed by atoms with Crippen LogP contribution in [0.25, 0.3) is 0 Å². The van der Waals surface area contributed by atoms with Gasteiger partial charge in [-0.2, -0.15) is 0 Å². The molecule has 4 heteroatoms. The number of anilines is 1. The van der Waals surface area contributed by atoms with Crippen molar-refractivity contribution in [1.29, 1.82) is 0 Å². The minimum Gasteiger partial charge on any atom is -0.387 e. The summed E-state index contributed by atoms with van der Waals surface area (Å²) in [7, 11) is 1.83. The molecule has 1 saturated carbocycles. The van der Waals surface area contributed by atoms with Crippen molar-refractivity contribution in [3.63, 3.8) is 0 Å². The molecule has 0 bridgehead atoms. The van der Waals surface area contributed by atoms with Crippen molar-refractivity contribution in [1.82, 2.24) is 10.2 Å². The number of carbonyl (C=O) groups is 1. The summed E-state index contributed by atoms with van der Waals surface area (Å²) < 4.78 is 0. The Labute approximate surface area is 115 Å². The Balaban J connectivity index is 1.83. The molecule has 0 radical (unpaired) electrons. The van der Waals surface area contributed by atoms with E-state index in [1.807, 2.05) is 31.3 Å². The van der Waals surface area contributed by atoms with Crippen LogP contribution in [0.3, 0.4) is 0 Å². The summed E-state index contributed by atoms with van der Waals surface area (Å²) >= 11 is 0. The van der Waals surface area contributed by atoms with Gasteiger partial charge in [-0.15, -0.1) is 0 Å². The van der Waals surface area contributed by atoms with Crippen molar-refractivity contribution in [2.45, 2.75) is 25.8 Å². The van der Waals surface area contributed by atoms with Gasteiger partial charge in [0.25, 0.3) is 5.91 Å². The highest BCUT2D eigenvalue weighted by molar-refractivity contribution is 5.99. The fraction of sp³-hybridized carbons (Fsp3) is 0.533. The summed E-state index contributed by atoms with van der Waals surface area (Å²) in [5.74, 6) is -0.00296. The molecule has 0 atom stereocenters. The molecule has 0 spiro atoms. The molecule has 0 unspecified atom stereocenters. The van der Waals surface area contributed by atoms with E-state index in [-0.39, 0.29) is 5.91 Å². The molecule has 1 aromatic carbocycles. The number of rotatable bonds is 7. The predicted octanol–water partition coefficient (Wildman–Crippen LogP) is 1.94. The maximum Gasteiger partial charge on any atom is 0.253 e. The normalized spacial score (nSPS) is 14.5. The van der Waals surface area contributed by atoms with Crippen molar-refractivity contribution in [2.75, 3.05) is 32.0 Å². The van der Waals surface area contributed by atoms with Crippen LogP contribution in [0.1, 0.15) is 30.1 Å². The average Bonchev–Trinajstić information content (AvgIpc) is 3.28. The van der Waals surface area contributed by atoms with Crippen LogP contribution in [0.15, 0.2) is 24.3 Å². The molecule has 4 nitrogen and oxygen atoms in total. The van der Waals surface area contributed by atoms with Crippen molar-refractivity contribution in [3.05, 3.63) is 29.8 Å². The first kappa shape index (κ1) is 13.9. The molecule has 1 amide bonds. The van der Waals surface area contributed by atoms with Gasteiger partial charge in [0, 0.05) is 31.9 Å². The molecule has 19 heavy (non-hydrogen) atoms. The SMILES string of the molecule is CCN(CCNC(=O)c1ccccc1NC)C1CC1. The highest BCUT2D eigenvalue weighted by atomic mass is 16.1. The fourth-order valence-electron chi connectivity index (χ4n) is 2.35. The van der Waals surface area contributed by atoms with Gasteiger partial charge in [0.15, 0.2) is 0 Å². The standard InChI is InChI=1S/C15H23N3O/c1-3-18(12-8-9-12)11-10-17-15(19)13-6-4-5-7-14(13)16-2/h4-7,12,16H,3,8-11H2,1-2H3,(H,17,19). The monoisotopic (exact) mass is 261 g/mol. The third-order valence-corrected chi connectivity index (χ3v) is 3.60. The Bertz CT molecular complexity index is 429. The van der Waals surface area contributed by atoms with Gasteiger partial charge in [-0.1, -0.05) is 19.1 Å². The predicted molar refractivity (Wildman–Crippen MR) is 78.6 cm³/mol. The van der Waals surface area contributed by atoms with Gasteiger partial charge in [0.1, 0.15) is 0 Å². The Morgan fingerprint density at radius 2 is 2.11 bits per heavy atom. The Hall–Kier alpha value is -1.55. The number of nitrogens with zero attached hydrogens (tertiary/aromatic N) is 1. The van der Waals surface area contributed by atoms with E-state index in [0.29, 0.717) is 12.1 Å². The number of carbonyl (C=O) groups excluding carboxylic acids is 1. The van der Waals surface area contributed by atoms with E-state index >= 15 is 0 Å². The molecule has 104 valence electrons. The van der Waals surface area contributed by atoms with E-state index in [4.69, 9.17) is 0 Å². The number of hydrogen-bond donors (Lipinski definition) is 2. The molecule has 1 fully saturated rings. The second-order valence-electron chi connectivity index (χ2n) is 4.91. The molecule has 1 aromatic rings. The number of likely N-dealkylation sites (N-methyl/N-ethyl adjacent to an activating group) is 1. The zero-order chi connectivity index (χ0) is 13.7. The molecule has 1 aliphatic carbocycles. The van der Waals surface area contributed by atoms with Crippen LogP contribution in [0.4, 0.5) is 5.69 Å². The smallest absolute Gasteiger partial charge is 0.253 e. The van der Waals surface area contributed by atoms with Crippen molar-refractivity contribution in [3.8, 4) is 0 Å². The Morgan fingerprint density at radius 1 is 1.37 bits per heavy atom. The van der Waals surface area contributed by atoms with Crippen LogP contribution in [-0.4, -0.2) is 43.5 Å². The highest BCUT2D eigenvalue weighted by Crippen LogP contribution is 2.25. The molecule has 0 heterocycles. The van der Waals surface area contributed by atoms with Crippen molar-refractivity contribution < 1.29 is 4.79 Å². The number of para-hydroxylation sites is 1. The van der Waals surface area contributed by atoms with Crippen LogP contribution in [0.5, 0.6) is 0 Å². The first-order chi connectivity index (χ1) is 9.26. The molecule has 2 rings (SSSR count). The van der Waals surface area contributed by atoms with Gasteiger partial charge in [0.05, 0.1) is 5.56 Å². The summed E-state index contributed by atoms with van der Waals surface area (Å²) in [6.45, 7) is 4.89. The lowest BCUT2D eigenvalue weighted by molar-refractivity contribution is 0.0949. The minimum atomic E-state index is -0.00296. The van der Waals surface area contributed by atoms with Gasteiger partial charge in [-0.3, -0.25) is 9.69 Å². The molecule has 2 N–H and O–H groups in total. The Morgan fingerprint density at radius 3 is 2.74 bits per heavy atom. The van der Waals surface area contributed by atoms with Crippen LogP contribution < -0.4 is 10.6 Å². The summed E-state index contributed by atoms with van der Waals surface area (Å²) in [5, 5.41) is 6.04. The number of amides is 1. The van der Waals surface area contributed by atoms with E-state index in [1.165, 1.54) is 12.8 Å². The average molecular weight is 261 g/mol. The second kappa shape index (κ2) is 6.57. The molecule has 0 aromatic heterocycles. The molecular formula is C15H23N3O. The van der Waals surface area contributed by atoms with Crippen molar-refractivity contribution in [2.24, 2.45) is 0 Å². The first-order valence-corrected chi connectivity index (χ1v) is 7.05. The van der Waals surface area contributed by atoms with Gasteiger partial charge < -0.3 is 10.6 Å². The summed E-state index contributed by atoms with van der Waals surface area (Å²) in [6, 6.07) is 8.33. The van der Waals surface area contributed by atoms with Gasteiger partial charge >= 0.3 is 0 Å². The minimum absolute atomic E-state index is 0.00296. The number of benzene rings is 1. The molecule has 1 aliphatic rings. The van der Waals surface area contributed by atoms with Crippen molar-refractivity contribution >= 4 is 11.6 Å². The van der Waals surface area contributed by atoms with Gasteiger partial charge in [-0.25, -0.2) is 0 Å². The van der Waals surface area contributed by atoms with E-state index in [9.17, 15) is 4.79 Å². The van der Waals surface area contributed by atoms with Crippen LogP contribution >= 0.6 is 0 Å². The number of nitrogens with one attached hydrogen (secondary N) is 2. The van der Waals surface area contributed by atoms with Crippen LogP contribution in [0, 0.1) is 0 Å². The Kier molecular flexibility index (Phi) is 4.80. The summed E-state index contributed by atoms with van der Waals surface area (Å²) in [6.07, 6.45) is 2.62. The lowest BCUT2D eigenvalue weighted by Crippen LogP contribution is -2.36. The van der Waals surface area contributed by atoms with Gasteiger partial charge in [0.2, 0.25) is 0 Å². The molecular weight excluding hydrogens is 238 g/mol. The molecule has 0 aliphatic heterocycles. The second-order valence-corrected chi connectivity index (χ2v) is 4.91. The highest BCUT2D eigenvalue weighted by Gasteiger charge is 2.27. The zero-order valence-corrected chi connectivity index (χ0v) is 11.8. The number of hydrogen-bond acceptors (Lipinski definition) is 3. The van der Waals surface area contributed by atoms with Crippen LogP contribution in [-0.2, 0) is 0 Å². The lowest BCUT2D eigenvalue weighted by atomic mass is 10.1. The quantitative estimate of drug-likeness (QED) is 0.788. The third kappa shape index (κ3) is 3.70. The largest absolute Gasteiger partial charge is 0.387 e. The molecule has 0 saturated heterocycles. The summed E-state index contributed by atoms with van der Waals surface area (Å²) in [4.78, 5) is 14.5. The van der Waals surface area contributed by atoms with E-state index in [2.05, 4.69) is 22.5 Å². The zero-order valence-electron chi connectivity index (χ0n) is 11.8. The summed E-state index contributed by atoms with van der Waals surface area (Å²) in [5.41, 5.74) is 1.58. The van der Waals surface area contributed by atoms with Gasteiger partial charge in [-0.05, 0) is 31.5 Å². The maximum atomic E-state index is 12.1. The third-order valence-electron chi connectivity index (χ3n) is 3.60. The fourth-order valence-corrected chi connectivity index (χ4v) is 2.35. The topological polar surface area (TPSA) is 44.4 Å². The first-order valence-electron chi connectivity index (χ1n) is 7.05. The van der Waals surface area contributed by atoms with Crippen LogP contribution in [0.2, 0.25) is 0 Å². The van der Waals surface area contributed by atoms with E-state index in [1.54, 1.807) is 0 Å². The van der Waals surface area contributed by atoms with E-state index < -0.39 is 0 Å². The maximum absolute atomic E-state index is 12.1.